The number of aromatic nitrogens is 2. The van der Waals surface area contributed by atoms with E-state index in [0.29, 0.717) is 30.5 Å². The molecule has 1 aromatic heterocycles. The molecule has 0 aliphatic carbocycles. The summed E-state index contributed by atoms with van der Waals surface area (Å²) in [4.78, 5) is 28.4. The topological polar surface area (TPSA) is 84.7 Å². The zero-order valence-electron chi connectivity index (χ0n) is 25.5. The fourth-order valence-electron chi connectivity index (χ4n) is 7.30. The molecule has 3 heterocycles. The molecule has 2 aliphatic heterocycles. The van der Waals surface area contributed by atoms with Crippen molar-refractivity contribution in [3.63, 3.8) is 0 Å². The molecule has 2 aliphatic rings. The summed E-state index contributed by atoms with van der Waals surface area (Å²) < 4.78 is 23.7. The minimum Gasteiger partial charge on any atom is -0.394 e. The fraction of sp³-hybridized carbons (Fsp3) is 0.400. The van der Waals surface area contributed by atoms with Crippen LogP contribution in [-0.4, -0.2) is 59.0 Å². The van der Waals surface area contributed by atoms with Gasteiger partial charge < -0.3 is 18.9 Å². The molecule has 5 atom stereocenters. The molecule has 0 saturated carbocycles. The smallest absolute Gasteiger partial charge is 0.279 e. The second-order valence-electron chi connectivity index (χ2n) is 12.9. The number of aryl methyl sites for hydroxylation is 1. The molecular weight excluding hydrogens is 573 g/mol. The first-order valence-electron chi connectivity index (χ1n) is 15.5. The van der Waals surface area contributed by atoms with Gasteiger partial charge in [-0.05, 0) is 73.2 Å². The van der Waals surface area contributed by atoms with E-state index in [1.807, 2.05) is 66.7 Å². The number of aliphatic hydroxyl groups is 1. The van der Waals surface area contributed by atoms with Crippen molar-refractivity contribution in [3.8, 4) is 5.69 Å². The third kappa shape index (κ3) is 6.01. The molecule has 1 fully saturated rings. The van der Waals surface area contributed by atoms with Gasteiger partial charge in [-0.1, -0.05) is 61.5 Å². The summed E-state index contributed by atoms with van der Waals surface area (Å²) in [5.41, 5.74) is 3.57. The lowest BCUT2D eigenvalue weighted by atomic mass is 9.93. The first-order chi connectivity index (χ1) is 21.1. The minimum absolute atomic E-state index is 0.0187. The van der Waals surface area contributed by atoms with Crippen molar-refractivity contribution in [1.82, 2.24) is 14.7 Å². The van der Waals surface area contributed by atoms with Gasteiger partial charge in [-0.2, -0.15) is 9.78 Å². The zero-order chi connectivity index (χ0) is 31.0. The average molecular weight is 614 g/mol. The van der Waals surface area contributed by atoms with Crippen LogP contribution < -0.4 is 5.56 Å². The van der Waals surface area contributed by atoms with Crippen molar-refractivity contribution in [3.05, 3.63) is 106 Å². The molecule has 1 saturated heterocycles. The number of benzene rings is 3. The van der Waals surface area contributed by atoms with E-state index in [1.165, 1.54) is 4.68 Å². The van der Waals surface area contributed by atoms with E-state index >= 15 is 4.11 Å². The number of nitrogens with zero attached hydrogens (tertiary/aromatic N) is 3. The van der Waals surface area contributed by atoms with Gasteiger partial charge in [-0.25, -0.2) is 0 Å². The molecule has 1 N–H and O–H groups in total. The highest BCUT2D eigenvalue weighted by Gasteiger charge is 2.52. The van der Waals surface area contributed by atoms with Crippen LogP contribution in [-0.2, 0) is 28.9 Å². The maximum Gasteiger partial charge on any atom is 0.279 e. The van der Waals surface area contributed by atoms with Crippen LogP contribution in [0.15, 0.2) is 83.8 Å². The van der Waals surface area contributed by atoms with E-state index in [0.717, 1.165) is 28.5 Å². The first-order valence-corrected chi connectivity index (χ1v) is 18.5. The Morgan fingerprint density at radius 2 is 1.73 bits per heavy atom. The third-order valence-electron chi connectivity index (χ3n) is 9.55. The van der Waals surface area contributed by atoms with Crippen molar-refractivity contribution in [2.45, 2.75) is 76.0 Å². The lowest BCUT2D eigenvalue weighted by molar-refractivity contribution is -0.138. The van der Waals surface area contributed by atoms with E-state index < -0.39 is 14.5 Å². The third-order valence-corrected chi connectivity index (χ3v) is 12.0. The second kappa shape index (κ2) is 12.4. The minimum atomic E-state index is -3.15. The predicted molar refractivity (Wildman–Crippen MR) is 172 cm³/mol. The van der Waals surface area contributed by atoms with Crippen LogP contribution in [0.3, 0.4) is 0 Å². The Kier molecular flexibility index (Phi) is 8.54. The number of carbonyl (C=O) groups is 1. The molecular formula is C35H40FN3O4Si. The summed E-state index contributed by atoms with van der Waals surface area (Å²) in [6, 6.07) is 22.9. The number of fused-ring (bicyclic) bond motifs is 2. The molecule has 9 heteroatoms. The molecule has 0 unspecified atom stereocenters. The van der Waals surface area contributed by atoms with Crippen LogP contribution in [0.5, 0.6) is 0 Å². The van der Waals surface area contributed by atoms with Crippen LogP contribution in [0.2, 0.25) is 18.6 Å². The summed E-state index contributed by atoms with van der Waals surface area (Å²) in [5, 5.41) is 15.9. The molecule has 230 valence electrons. The highest BCUT2D eigenvalue weighted by Crippen LogP contribution is 2.47. The standard InChI is InChI=1S/C35H40FN3O4Si/c1-23-31(17-14-24-12-15-28(16-13-24)39-35(42)30-11-7-6-9-26(30)20-37-39)43-32(34(23)44(2,3)36)19-33(41)38-21-27-10-5-4-8-25(27)18-29(38)22-40/h4-13,15-16,20,23,29,31-32,34,40H,14,17-19,21-22H2,1-3H3/t23-,29-,31+,32-,34+/m0/s1. The number of carbonyl (C=O) groups excluding carboxylic acids is 1. The number of ether oxygens (including phenoxy) is 1. The van der Waals surface area contributed by atoms with Crippen LogP contribution in [0, 0.1) is 5.92 Å². The Hall–Kier alpha value is -3.66. The predicted octanol–water partition coefficient (Wildman–Crippen LogP) is 5.60. The van der Waals surface area contributed by atoms with Crippen LogP contribution in [0.25, 0.3) is 16.5 Å². The van der Waals surface area contributed by atoms with E-state index in [1.54, 1.807) is 30.3 Å². The molecule has 3 aromatic carbocycles. The summed E-state index contributed by atoms with van der Waals surface area (Å²) in [7, 11) is -3.15. The van der Waals surface area contributed by atoms with Crippen LogP contribution in [0.1, 0.15) is 36.5 Å². The number of hydrogen-bond acceptors (Lipinski definition) is 5. The molecule has 6 rings (SSSR count). The Morgan fingerprint density at radius 3 is 2.45 bits per heavy atom. The van der Waals surface area contributed by atoms with E-state index in [2.05, 4.69) is 12.0 Å². The Balaban J connectivity index is 1.13. The molecule has 0 radical (unpaired) electrons. The Labute approximate surface area is 258 Å². The summed E-state index contributed by atoms with van der Waals surface area (Å²) in [6.45, 7) is 5.83. The van der Waals surface area contributed by atoms with Gasteiger partial charge in [-0.15, -0.1) is 0 Å². The van der Waals surface area contributed by atoms with Crippen LogP contribution >= 0.6 is 0 Å². The molecule has 0 bridgehead atoms. The highest BCUT2D eigenvalue weighted by molar-refractivity contribution is 6.72. The van der Waals surface area contributed by atoms with E-state index in [-0.39, 0.29) is 48.1 Å². The highest BCUT2D eigenvalue weighted by atomic mass is 28.4. The normalized spacial score (nSPS) is 23.6. The number of halogens is 1. The van der Waals surface area contributed by atoms with Gasteiger partial charge in [0, 0.05) is 17.5 Å². The van der Waals surface area contributed by atoms with Gasteiger partial charge >= 0.3 is 0 Å². The van der Waals surface area contributed by atoms with Gasteiger partial charge in [-0.3, -0.25) is 9.59 Å². The monoisotopic (exact) mass is 613 g/mol. The molecule has 7 nitrogen and oxygen atoms in total. The first kappa shape index (κ1) is 30.4. The summed E-state index contributed by atoms with van der Waals surface area (Å²) in [6.07, 6.45) is 3.21. The van der Waals surface area contributed by atoms with Crippen molar-refractivity contribution in [1.29, 1.82) is 0 Å². The number of rotatable bonds is 8. The molecule has 0 spiro atoms. The van der Waals surface area contributed by atoms with E-state index in [9.17, 15) is 14.7 Å². The maximum absolute atomic E-state index is 15.8. The second-order valence-corrected chi connectivity index (χ2v) is 16.6. The zero-order valence-corrected chi connectivity index (χ0v) is 26.5. The van der Waals surface area contributed by atoms with Gasteiger partial charge in [0.2, 0.25) is 14.3 Å². The summed E-state index contributed by atoms with van der Waals surface area (Å²) in [5.74, 6) is -0.109. The molecule has 1 amide bonds. The largest absolute Gasteiger partial charge is 0.394 e. The quantitative estimate of drug-likeness (QED) is 0.207. The SMILES string of the molecule is C[C@@H]1[C@@H]([Si](C)(C)F)[C@H](CC(=O)N2Cc3ccccc3C[C@H]2CO)O[C@@H]1CCc1ccc(-n2ncc3ccccc3c2=O)cc1. The Bertz CT molecular complexity index is 1700. The van der Waals surface area contributed by atoms with Crippen LogP contribution in [0.4, 0.5) is 4.11 Å². The molecule has 44 heavy (non-hydrogen) atoms. The Morgan fingerprint density at radius 1 is 1.02 bits per heavy atom. The maximum atomic E-state index is 15.8. The van der Waals surface area contributed by atoms with Crippen molar-refractivity contribution < 1.29 is 18.7 Å². The van der Waals surface area contributed by atoms with E-state index in [4.69, 9.17) is 4.74 Å². The van der Waals surface area contributed by atoms with Gasteiger partial charge in [0.25, 0.3) is 5.56 Å². The van der Waals surface area contributed by atoms with Crippen molar-refractivity contribution in [2.24, 2.45) is 5.92 Å². The molecule has 4 aromatic rings. The lowest BCUT2D eigenvalue weighted by Crippen LogP contribution is -2.48. The number of amides is 1. The van der Waals surface area contributed by atoms with Crippen molar-refractivity contribution in [2.75, 3.05) is 6.61 Å². The number of aliphatic hydroxyl groups excluding tert-OH is 1. The average Bonchev–Trinajstić information content (AvgIpc) is 3.34. The van der Waals surface area contributed by atoms with Gasteiger partial charge in [0.05, 0.1) is 48.5 Å². The number of hydrogen-bond donors (Lipinski definition) is 1. The van der Waals surface area contributed by atoms with Gasteiger partial charge in [0.15, 0.2) is 0 Å². The lowest BCUT2D eigenvalue weighted by Gasteiger charge is -2.37. The van der Waals surface area contributed by atoms with Gasteiger partial charge in [0.1, 0.15) is 0 Å². The van der Waals surface area contributed by atoms with Crippen molar-refractivity contribution >= 4 is 25.1 Å². The fourth-order valence-corrected chi connectivity index (χ4v) is 9.84. The summed E-state index contributed by atoms with van der Waals surface area (Å²) >= 11 is 0.